The number of esters is 1. The van der Waals surface area contributed by atoms with Crippen molar-refractivity contribution in [3.8, 4) is 0 Å². The molecule has 0 radical (unpaired) electrons. The number of pyridine rings is 1. The quantitative estimate of drug-likeness (QED) is 0.507. The average molecular weight is 385 g/mol. The zero-order valence-electron chi connectivity index (χ0n) is 15.9. The van der Waals surface area contributed by atoms with Gasteiger partial charge in [-0.15, -0.1) is 0 Å². The SMILES string of the molecule is CCOC(=O)c1ccccc1NC(=O)c1cccc(C(=O)NCCCOC)n1. The first kappa shape index (κ1) is 21.0. The second-order valence-electron chi connectivity index (χ2n) is 5.73. The molecule has 0 atom stereocenters. The molecule has 1 aromatic heterocycles. The van der Waals surface area contributed by atoms with Gasteiger partial charge in [-0.05, 0) is 37.6 Å². The van der Waals surface area contributed by atoms with E-state index in [0.29, 0.717) is 25.3 Å². The Morgan fingerprint density at radius 1 is 1.00 bits per heavy atom. The highest BCUT2D eigenvalue weighted by atomic mass is 16.5. The van der Waals surface area contributed by atoms with Crippen LogP contribution in [-0.2, 0) is 9.47 Å². The third-order valence-corrected chi connectivity index (χ3v) is 3.70. The molecule has 2 N–H and O–H groups in total. The predicted molar refractivity (Wildman–Crippen MR) is 103 cm³/mol. The van der Waals surface area contributed by atoms with Gasteiger partial charge in [0.05, 0.1) is 17.9 Å². The van der Waals surface area contributed by atoms with Crippen LogP contribution < -0.4 is 10.6 Å². The molecule has 2 amide bonds. The molecule has 1 heterocycles. The molecule has 2 rings (SSSR count). The van der Waals surface area contributed by atoms with Crippen molar-refractivity contribution in [1.29, 1.82) is 0 Å². The molecule has 148 valence electrons. The van der Waals surface area contributed by atoms with Gasteiger partial charge in [0.2, 0.25) is 0 Å². The highest BCUT2D eigenvalue weighted by molar-refractivity contribution is 6.07. The van der Waals surface area contributed by atoms with Crippen LogP contribution in [-0.4, -0.2) is 49.6 Å². The first-order chi connectivity index (χ1) is 13.6. The van der Waals surface area contributed by atoms with Crippen LogP contribution in [0.25, 0.3) is 0 Å². The van der Waals surface area contributed by atoms with Crippen LogP contribution in [0.4, 0.5) is 5.69 Å². The molecular formula is C20H23N3O5. The molecule has 8 heteroatoms. The summed E-state index contributed by atoms with van der Waals surface area (Å²) in [4.78, 5) is 40.8. The molecule has 0 aliphatic rings. The Bertz CT molecular complexity index is 838. The van der Waals surface area contributed by atoms with Gasteiger partial charge in [0, 0.05) is 20.3 Å². The zero-order valence-corrected chi connectivity index (χ0v) is 15.9. The van der Waals surface area contributed by atoms with Gasteiger partial charge in [-0.25, -0.2) is 9.78 Å². The van der Waals surface area contributed by atoms with Gasteiger partial charge in [-0.2, -0.15) is 0 Å². The molecule has 0 fully saturated rings. The summed E-state index contributed by atoms with van der Waals surface area (Å²) in [5.74, 6) is -1.45. The maximum Gasteiger partial charge on any atom is 0.340 e. The van der Waals surface area contributed by atoms with Gasteiger partial charge < -0.3 is 20.1 Å². The Balaban J connectivity index is 2.09. The first-order valence-corrected chi connectivity index (χ1v) is 8.88. The van der Waals surface area contributed by atoms with E-state index in [1.807, 2.05) is 0 Å². The van der Waals surface area contributed by atoms with E-state index in [0.717, 1.165) is 0 Å². The fourth-order valence-corrected chi connectivity index (χ4v) is 2.36. The molecular weight excluding hydrogens is 362 g/mol. The van der Waals surface area contributed by atoms with Gasteiger partial charge in [0.25, 0.3) is 11.8 Å². The minimum Gasteiger partial charge on any atom is -0.462 e. The number of ether oxygens (including phenoxy) is 2. The molecule has 2 aromatic rings. The highest BCUT2D eigenvalue weighted by Gasteiger charge is 2.16. The van der Waals surface area contributed by atoms with Gasteiger partial charge in [-0.1, -0.05) is 18.2 Å². The number of methoxy groups -OCH3 is 1. The summed E-state index contributed by atoms with van der Waals surface area (Å²) in [5, 5.41) is 5.36. The number of rotatable bonds is 9. The van der Waals surface area contributed by atoms with E-state index in [-0.39, 0.29) is 29.5 Å². The smallest absolute Gasteiger partial charge is 0.340 e. The van der Waals surface area contributed by atoms with Crippen LogP contribution in [0.2, 0.25) is 0 Å². The van der Waals surface area contributed by atoms with Crippen LogP contribution in [0, 0.1) is 0 Å². The number of hydrogen-bond donors (Lipinski definition) is 2. The number of amides is 2. The Labute approximate surface area is 163 Å². The molecule has 0 spiro atoms. The van der Waals surface area contributed by atoms with Crippen LogP contribution >= 0.6 is 0 Å². The molecule has 28 heavy (non-hydrogen) atoms. The summed E-state index contributed by atoms with van der Waals surface area (Å²) in [6, 6.07) is 11.1. The van der Waals surface area contributed by atoms with E-state index >= 15 is 0 Å². The molecule has 8 nitrogen and oxygen atoms in total. The molecule has 0 aliphatic carbocycles. The molecule has 0 unspecified atom stereocenters. The van der Waals surface area contributed by atoms with E-state index in [1.165, 1.54) is 12.1 Å². The van der Waals surface area contributed by atoms with E-state index in [9.17, 15) is 14.4 Å². The number of carbonyl (C=O) groups excluding carboxylic acids is 3. The number of benzene rings is 1. The molecule has 1 aromatic carbocycles. The van der Waals surface area contributed by atoms with Gasteiger partial charge >= 0.3 is 5.97 Å². The van der Waals surface area contributed by atoms with Crippen LogP contribution in [0.1, 0.15) is 44.7 Å². The molecule has 0 saturated heterocycles. The Kier molecular flexibility index (Phi) is 8.11. The second-order valence-corrected chi connectivity index (χ2v) is 5.73. The van der Waals surface area contributed by atoms with Crippen molar-refractivity contribution in [2.24, 2.45) is 0 Å². The maximum atomic E-state index is 12.5. The average Bonchev–Trinajstić information content (AvgIpc) is 2.71. The van der Waals surface area contributed by atoms with Crippen LogP contribution in [0.3, 0.4) is 0 Å². The third kappa shape index (κ3) is 5.88. The molecule has 0 aliphatic heterocycles. The lowest BCUT2D eigenvalue weighted by molar-refractivity contribution is 0.0527. The largest absolute Gasteiger partial charge is 0.462 e. The first-order valence-electron chi connectivity index (χ1n) is 8.88. The summed E-state index contributed by atoms with van der Waals surface area (Å²) < 4.78 is 9.92. The number of carbonyl (C=O) groups is 3. The van der Waals surface area contributed by atoms with Gasteiger partial charge in [-0.3, -0.25) is 9.59 Å². The van der Waals surface area contributed by atoms with Gasteiger partial charge in [0.15, 0.2) is 0 Å². The fourth-order valence-electron chi connectivity index (χ4n) is 2.36. The minimum absolute atomic E-state index is 0.0585. The number of para-hydroxylation sites is 1. The lowest BCUT2D eigenvalue weighted by atomic mass is 10.1. The Morgan fingerprint density at radius 3 is 2.43 bits per heavy atom. The van der Waals surface area contributed by atoms with Crippen LogP contribution in [0.15, 0.2) is 42.5 Å². The topological polar surface area (TPSA) is 107 Å². The summed E-state index contributed by atoms with van der Waals surface area (Å²) in [5.41, 5.74) is 0.735. The lowest BCUT2D eigenvalue weighted by Gasteiger charge is -2.10. The highest BCUT2D eigenvalue weighted by Crippen LogP contribution is 2.17. The Morgan fingerprint density at radius 2 is 1.71 bits per heavy atom. The number of nitrogens with zero attached hydrogens (tertiary/aromatic N) is 1. The monoisotopic (exact) mass is 385 g/mol. The van der Waals surface area contributed by atoms with E-state index in [2.05, 4.69) is 15.6 Å². The summed E-state index contributed by atoms with van der Waals surface area (Å²) in [7, 11) is 1.59. The summed E-state index contributed by atoms with van der Waals surface area (Å²) in [6.45, 7) is 2.91. The summed E-state index contributed by atoms with van der Waals surface area (Å²) in [6.07, 6.45) is 0.674. The van der Waals surface area contributed by atoms with Crippen molar-refractivity contribution in [1.82, 2.24) is 10.3 Å². The predicted octanol–water partition coefficient (Wildman–Crippen LogP) is 2.28. The zero-order chi connectivity index (χ0) is 20.4. The van der Waals surface area contributed by atoms with Crippen molar-refractivity contribution in [2.75, 3.05) is 32.2 Å². The molecule has 0 saturated carbocycles. The fraction of sp³-hybridized carbons (Fsp3) is 0.300. The Hall–Kier alpha value is -3.26. The van der Waals surface area contributed by atoms with Crippen LogP contribution in [0.5, 0.6) is 0 Å². The van der Waals surface area contributed by atoms with Gasteiger partial charge in [0.1, 0.15) is 11.4 Å². The number of hydrogen-bond acceptors (Lipinski definition) is 6. The van der Waals surface area contributed by atoms with E-state index < -0.39 is 11.9 Å². The molecule has 0 bridgehead atoms. The lowest BCUT2D eigenvalue weighted by Crippen LogP contribution is -2.27. The van der Waals surface area contributed by atoms with Crippen molar-refractivity contribution >= 4 is 23.5 Å². The standard InChI is InChI=1S/C20H23N3O5/c1-3-28-20(26)14-8-4-5-9-15(14)23-19(25)17-11-6-10-16(22-17)18(24)21-12-7-13-27-2/h4-6,8-11H,3,7,12-13H2,1-2H3,(H,21,24)(H,23,25). The second kappa shape index (κ2) is 10.8. The minimum atomic E-state index is -0.536. The van der Waals surface area contributed by atoms with Crippen molar-refractivity contribution in [3.05, 3.63) is 59.4 Å². The maximum absolute atomic E-state index is 12.5. The number of anilines is 1. The van der Waals surface area contributed by atoms with Crippen molar-refractivity contribution in [2.45, 2.75) is 13.3 Å². The third-order valence-electron chi connectivity index (χ3n) is 3.70. The summed E-state index contributed by atoms with van der Waals surface area (Å²) >= 11 is 0. The van der Waals surface area contributed by atoms with E-state index in [4.69, 9.17) is 9.47 Å². The number of aromatic nitrogens is 1. The number of nitrogens with one attached hydrogen (secondary N) is 2. The van der Waals surface area contributed by atoms with Crippen molar-refractivity contribution < 1.29 is 23.9 Å². The normalized spacial score (nSPS) is 10.2. The van der Waals surface area contributed by atoms with E-state index in [1.54, 1.807) is 44.4 Å². The van der Waals surface area contributed by atoms with Crippen molar-refractivity contribution in [3.63, 3.8) is 0 Å².